The zero-order valence-corrected chi connectivity index (χ0v) is 18.9. The minimum absolute atomic E-state index is 0.226. The summed E-state index contributed by atoms with van der Waals surface area (Å²) >= 11 is 0. The third kappa shape index (κ3) is 3.40. The summed E-state index contributed by atoms with van der Waals surface area (Å²) in [5.74, 6) is 0.431. The van der Waals surface area contributed by atoms with E-state index in [0.717, 1.165) is 35.3 Å². The van der Waals surface area contributed by atoms with Gasteiger partial charge >= 0.3 is 11.9 Å². The number of benzene rings is 2. The van der Waals surface area contributed by atoms with Crippen molar-refractivity contribution in [2.45, 2.75) is 58.7 Å². The second kappa shape index (κ2) is 7.70. The smallest absolute Gasteiger partial charge is 0.337 e. The van der Waals surface area contributed by atoms with E-state index in [1.807, 2.05) is 42.5 Å². The Morgan fingerprint density at radius 2 is 1.81 bits per heavy atom. The Kier molecular flexibility index (Phi) is 5.32. The fourth-order valence-electron chi connectivity index (χ4n) is 5.45. The normalized spacial score (nSPS) is 26.1. The van der Waals surface area contributed by atoms with Crippen LogP contribution >= 0.6 is 0 Å². The summed E-state index contributed by atoms with van der Waals surface area (Å²) in [6.07, 6.45) is 2.14. The molecule has 0 unspecified atom stereocenters. The number of rotatable bonds is 3. The van der Waals surface area contributed by atoms with Crippen LogP contribution in [-0.2, 0) is 20.7 Å². The minimum atomic E-state index is -0.536. The maximum Gasteiger partial charge on any atom is 0.337 e. The Labute approximate surface area is 183 Å². The van der Waals surface area contributed by atoms with Crippen LogP contribution in [0, 0.1) is 11.3 Å². The summed E-state index contributed by atoms with van der Waals surface area (Å²) in [4.78, 5) is 24.2. The van der Waals surface area contributed by atoms with Crippen LogP contribution in [0.25, 0.3) is 11.1 Å². The lowest BCUT2D eigenvalue weighted by Crippen LogP contribution is -2.62. The molecular formula is C26H30O5. The molecule has 5 heteroatoms. The van der Waals surface area contributed by atoms with E-state index in [1.54, 1.807) is 0 Å². The van der Waals surface area contributed by atoms with Gasteiger partial charge in [-0.05, 0) is 42.0 Å². The highest BCUT2D eigenvalue weighted by Crippen LogP contribution is 2.57. The number of esters is 2. The Hall–Kier alpha value is -2.82. The van der Waals surface area contributed by atoms with Gasteiger partial charge in [-0.1, -0.05) is 51.1 Å². The second-order valence-corrected chi connectivity index (χ2v) is 9.34. The number of hydrogen-bond acceptors (Lipinski definition) is 5. The lowest BCUT2D eigenvalue weighted by molar-refractivity contribution is -0.186. The van der Waals surface area contributed by atoms with E-state index in [2.05, 4.69) is 20.8 Å². The lowest BCUT2D eigenvalue weighted by atomic mass is 9.58. The van der Waals surface area contributed by atoms with Gasteiger partial charge in [-0.15, -0.1) is 0 Å². The molecule has 31 heavy (non-hydrogen) atoms. The van der Waals surface area contributed by atoms with Crippen molar-refractivity contribution in [3.63, 3.8) is 0 Å². The first-order valence-electron chi connectivity index (χ1n) is 10.9. The molecule has 0 bridgehead atoms. The monoisotopic (exact) mass is 422 g/mol. The molecular weight excluding hydrogens is 392 g/mol. The van der Waals surface area contributed by atoms with Crippen LogP contribution < -0.4 is 4.74 Å². The van der Waals surface area contributed by atoms with Gasteiger partial charge in [-0.25, -0.2) is 4.79 Å². The Morgan fingerprint density at radius 1 is 1.10 bits per heavy atom. The maximum atomic E-state index is 12.4. The summed E-state index contributed by atoms with van der Waals surface area (Å²) in [5, 5.41) is 0. The first-order valence-corrected chi connectivity index (χ1v) is 10.9. The molecule has 2 aliphatic rings. The van der Waals surface area contributed by atoms with Crippen LogP contribution in [0.15, 0.2) is 42.5 Å². The number of carbonyl (C=O) groups excluding carboxylic acids is 2. The Bertz CT molecular complexity index is 1010. The van der Waals surface area contributed by atoms with Gasteiger partial charge in [-0.3, -0.25) is 4.79 Å². The number of carbonyl (C=O) groups is 2. The van der Waals surface area contributed by atoms with Crippen LogP contribution in [0.4, 0.5) is 0 Å². The van der Waals surface area contributed by atoms with Crippen molar-refractivity contribution >= 4 is 11.9 Å². The molecule has 1 spiro atoms. The highest BCUT2D eigenvalue weighted by atomic mass is 16.6. The van der Waals surface area contributed by atoms with Crippen molar-refractivity contribution in [2.75, 3.05) is 7.11 Å². The average Bonchev–Trinajstić information content (AvgIpc) is 3.15. The number of hydrogen-bond donors (Lipinski definition) is 0. The summed E-state index contributed by atoms with van der Waals surface area (Å²) in [6, 6.07) is 13.7. The van der Waals surface area contributed by atoms with Gasteiger partial charge < -0.3 is 14.2 Å². The van der Waals surface area contributed by atoms with Crippen molar-refractivity contribution < 1.29 is 23.8 Å². The first-order chi connectivity index (χ1) is 14.7. The third-order valence-corrected chi connectivity index (χ3v) is 7.27. The molecule has 3 atom stereocenters. The van der Waals surface area contributed by atoms with Crippen LogP contribution in [0.2, 0.25) is 0 Å². The zero-order chi connectivity index (χ0) is 22.4. The second-order valence-electron chi connectivity index (χ2n) is 9.34. The Morgan fingerprint density at radius 3 is 2.45 bits per heavy atom. The van der Waals surface area contributed by atoms with E-state index in [9.17, 15) is 9.59 Å². The fourth-order valence-corrected chi connectivity index (χ4v) is 5.45. The summed E-state index contributed by atoms with van der Waals surface area (Å²) in [7, 11) is 1.39. The van der Waals surface area contributed by atoms with Gasteiger partial charge in [0.25, 0.3) is 0 Å². The van der Waals surface area contributed by atoms with E-state index in [4.69, 9.17) is 14.2 Å². The highest BCUT2D eigenvalue weighted by Gasteiger charge is 2.61. The molecule has 0 saturated heterocycles. The number of ether oxygens (including phenoxy) is 3. The predicted molar refractivity (Wildman–Crippen MR) is 118 cm³/mol. The minimum Gasteiger partial charge on any atom is -0.485 e. The molecule has 0 aromatic heterocycles. The molecule has 2 aromatic rings. The maximum absolute atomic E-state index is 12.4. The summed E-state index contributed by atoms with van der Waals surface area (Å²) in [5.41, 5.74) is 2.43. The van der Waals surface area contributed by atoms with Crippen LogP contribution in [0.3, 0.4) is 0 Å². The van der Waals surface area contributed by atoms with Gasteiger partial charge in [0.2, 0.25) is 0 Å². The van der Waals surface area contributed by atoms with E-state index in [-0.39, 0.29) is 24.0 Å². The molecule has 164 valence electrons. The number of methoxy groups -OCH3 is 1. The van der Waals surface area contributed by atoms with Crippen molar-refractivity contribution in [1.29, 1.82) is 0 Å². The van der Waals surface area contributed by atoms with Crippen LogP contribution in [0.1, 0.15) is 56.5 Å². The number of fused-ring (bicyclic) bond motifs is 1. The molecule has 0 radical (unpaired) electrons. The van der Waals surface area contributed by atoms with Gasteiger partial charge in [0, 0.05) is 24.3 Å². The van der Waals surface area contributed by atoms with Crippen molar-refractivity contribution in [3.05, 3.63) is 53.6 Å². The van der Waals surface area contributed by atoms with Crippen molar-refractivity contribution in [3.8, 4) is 16.9 Å². The topological polar surface area (TPSA) is 61.8 Å². The van der Waals surface area contributed by atoms with Gasteiger partial charge in [0.05, 0.1) is 12.7 Å². The van der Waals surface area contributed by atoms with E-state index >= 15 is 0 Å². The Balaban J connectivity index is 1.85. The SMILES string of the molecule is COC(=O)c1cc2c(c(-c3ccccc3)c1)O[C@@]1(C2)[C@H](C)CC[C@H](OC(C)=O)C1(C)C. The van der Waals surface area contributed by atoms with Gasteiger partial charge in [0.1, 0.15) is 17.5 Å². The predicted octanol–water partition coefficient (Wildman–Crippen LogP) is 5.20. The van der Waals surface area contributed by atoms with Crippen molar-refractivity contribution in [2.24, 2.45) is 11.3 Å². The summed E-state index contributed by atoms with van der Waals surface area (Å²) in [6.45, 7) is 7.93. The molecule has 0 N–H and O–H groups in total. The quantitative estimate of drug-likeness (QED) is 0.636. The molecule has 2 aromatic carbocycles. The van der Waals surface area contributed by atoms with E-state index in [0.29, 0.717) is 12.0 Å². The first kappa shape index (κ1) is 21.4. The molecule has 1 fully saturated rings. The van der Waals surface area contributed by atoms with Crippen LogP contribution in [0.5, 0.6) is 5.75 Å². The fraction of sp³-hybridized carbons (Fsp3) is 0.462. The lowest BCUT2D eigenvalue weighted by Gasteiger charge is -2.54. The van der Waals surface area contributed by atoms with Crippen molar-refractivity contribution in [1.82, 2.24) is 0 Å². The molecule has 0 amide bonds. The standard InChI is InChI=1S/C26H30O5/c1-16-11-12-22(30-17(2)27)25(3,4)26(16)15-20-13-19(24(28)29-5)14-21(23(20)31-26)18-9-7-6-8-10-18/h6-10,13-14,16,22H,11-12,15H2,1-5H3/t16-,22+,26+/m1/s1. The molecule has 1 saturated carbocycles. The largest absolute Gasteiger partial charge is 0.485 e. The average molecular weight is 423 g/mol. The van der Waals surface area contributed by atoms with E-state index < -0.39 is 11.0 Å². The third-order valence-electron chi connectivity index (χ3n) is 7.27. The molecule has 4 rings (SSSR count). The zero-order valence-electron chi connectivity index (χ0n) is 18.9. The van der Waals surface area contributed by atoms with Crippen LogP contribution in [-0.4, -0.2) is 30.8 Å². The molecule has 1 aliphatic carbocycles. The van der Waals surface area contributed by atoms with E-state index in [1.165, 1.54) is 14.0 Å². The van der Waals surface area contributed by atoms with Gasteiger partial charge in [-0.2, -0.15) is 0 Å². The summed E-state index contributed by atoms with van der Waals surface area (Å²) < 4.78 is 17.6. The molecule has 5 nitrogen and oxygen atoms in total. The molecule has 1 heterocycles. The molecule has 1 aliphatic heterocycles. The van der Waals surface area contributed by atoms with Gasteiger partial charge in [0.15, 0.2) is 0 Å². The highest BCUT2D eigenvalue weighted by molar-refractivity contribution is 5.93.